The topological polar surface area (TPSA) is 38.3 Å². The van der Waals surface area contributed by atoms with Crippen LogP contribution in [-0.4, -0.2) is 13.1 Å². The Labute approximate surface area is 133 Å². The molecule has 0 aromatic heterocycles. The maximum Gasteiger partial charge on any atom is 0.305 e. The van der Waals surface area contributed by atoms with Crippen LogP contribution in [0.2, 0.25) is 10.0 Å². The number of rotatable bonds is 5. The van der Waals surface area contributed by atoms with Crippen LogP contribution < -0.4 is 5.32 Å². The van der Waals surface area contributed by atoms with Crippen molar-refractivity contribution < 1.29 is 9.53 Å². The number of carbonyl (C=O) groups excluding carboxylic acids is 1. The van der Waals surface area contributed by atoms with Crippen molar-refractivity contribution in [2.45, 2.75) is 12.8 Å². The number of para-hydroxylation sites is 2. The molecule has 0 saturated carbocycles. The second-order valence-corrected chi connectivity index (χ2v) is 5.27. The summed E-state index contributed by atoms with van der Waals surface area (Å²) in [7, 11) is 1.38. The van der Waals surface area contributed by atoms with Crippen LogP contribution in [0.1, 0.15) is 12.0 Å². The zero-order valence-electron chi connectivity index (χ0n) is 11.5. The van der Waals surface area contributed by atoms with E-state index in [1.54, 1.807) is 18.2 Å². The van der Waals surface area contributed by atoms with E-state index in [-0.39, 0.29) is 5.97 Å². The van der Waals surface area contributed by atoms with Crippen molar-refractivity contribution in [3.05, 3.63) is 58.1 Å². The molecule has 0 bridgehead atoms. The fourth-order valence-corrected chi connectivity index (χ4v) is 2.44. The number of hydrogen-bond acceptors (Lipinski definition) is 3. The minimum Gasteiger partial charge on any atom is -0.469 e. The summed E-state index contributed by atoms with van der Waals surface area (Å²) in [5, 5.41) is 4.33. The fraction of sp³-hybridized carbons (Fsp3) is 0.188. The normalized spacial score (nSPS) is 10.2. The number of hydrogen-bond donors (Lipinski definition) is 1. The van der Waals surface area contributed by atoms with Gasteiger partial charge in [-0.1, -0.05) is 47.5 Å². The first-order chi connectivity index (χ1) is 10.1. The van der Waals surface area contributed by atoms with E-state index in [9.17, 15) is 4.79 Å². The Balaban J connectivity index is 2.22. The van der Waals surface area contributed by atoms with E-state index in [2.05, 4.69) is 10.1 Å². The van der Waals surface area contributed by atoms with Gasteiger partial charge in [0, 0.05) is 12.1 Å². The van der Waals surface area contributed by atoms with Crippen LogP contribution in [0.5, 0.6) is 0 Å². The number of ether oxygens (including phenoxy) is 1. The van der Waals surface area contributed by atoms with Crippen molar-refractivity contribution in [3.8, 4) is 0 Å². The van der Waals surface area contributed by atoms with Gasteiger partial charge in [-0.2, -0.15) is 0 Å². The lowest BCUT2D eigenvalue weighted by Gasteiger charge is -2.14. The molecule has 0 aliphatic carbocycles. The molecule has 0 unspecified atom stereocenters. The van der Waals surface area contributed by atoms with Crippen molar-refractivity contribution in [2.75, 3.05) is 12.4 Å². The van der Waals surface area contributed by atoms with Crippen LogP contribution in [0.15, 0.2) is 42.5 Å². The molecule has 0 saturated heterocycles. The molecule has 5 heteroatoms. The average Bonchev–Trinajstić information content (AvgIpc) is 2.49. The minimum absolute atomic E-state index is 0.236. The lowest BCUT2D eigenvalue weighted by atomic mass is 10.1. The molecule has 0 aliphatic heterocycles. The molecular weight excluding hydrogens is 309 g/mol. The van der Waals surface area contributed by atoms with Gasteiger partial charge >= 0.3 is 5.97 Å². The summed E-state index contributed by atoms with van der Waals surface area (Å²) in [5.41, 5.74) is 2.53. The van der Waals surface area contributed by atoms with Crippen molar-refractivity contribution in [3.63, 3.8) is 0 Å². The summed E-state index contributed by atoms with van der Waals surface area (Å²) < 4.78 is 4.67. The van der Waals surface area contributed by atoms with E-state index in [0.717, 1.165) is 11.3 Å². The quantitative estimate of drug-likeness (QED) is 0.800. The summed E-state index contributed by atoms with van der Waals surface area (Å²) in [5.74, 6) is -0.236. The molecule has 110 valence electrons. The van der Waals surface area contributed by atoms with Crippen LogP contribution in [0.3, 0.4) is 0 Å². The second kappa shape index (κ2) is 7.34. The molecule has 0 atom stereocenters. The second-order valence-electron chi connectivity index (χ2n) is 4.45. The fourth-order valence-electron chi connectivity index (χ4n) is 1.95. The smallest absolute Gasteiger partial charge is 0.305 e. The Morgan fingerprint density at radius 1 is 1.10 bits per heavy atom. The highest BCUT2D eigenvalue weighted by Gasteiger charge is 2.09. The Kier molecular flexibility index (Phi) is 5.48. The number of methoxy groups -OCH3 is 1. The zero-order chi connectivity index (χ0) is 15.2. The molecule has 2 aromatic rings. The van der Waals surface area contributed by atoms with E-state index >= 15 is 0 Å². The first-order valence-corrected chi connectivity index (χ1v) is 7.23. The lowest BCUT2D eigenvalue weighted by molar-refractivity contribution is -0.140. The Morgan fingerprint density at radius 3 is 2.43 bits per heavy atom. The predicted octanol–water partition coefficient (Wildman–Crippen LogP) is 4.84. The van der Waals surface area contributed by atoms with E-state index in [4.69, 9.17) is 23.2 Å². The summed E-state index contributed by atoms with van der Waals surface area (Å²) in [6.45, 7) is 0. The Bertz CT molecular complexity index is 624. The molecule has 0 spiro atoms. The highest BCUT2D eigenvalue weighted by atomic mass is 35.5. The molecule has 0 aliphatic rings. The van der Waals surface area contributed by atoms with Gasteiger partial charge in [-0.05, 0) is 30.2 Å². The van der Waals surface area contributed by atoms with Crippen LogP contribution in [0.4, 0.5) is 11.4 Å². The highest BCUT2D eigenvalue weighted by Crippen LogP contribution is 2.33. The maximum absolute atomic E-state index is 11.3. The van der Waals surface area contributed by atoms with E-state index in [1.807, 2.05) is 24.3 Å². The van der Waals surface area contributed by atoms with Gasteiger partial charge in [0.1, 0.15) is 0 Å². The minimum atomic E-state index is -0.236. The van der Waals surface area contributed by atoms with Crippen LogP contribution in [0, 0.1) is 0 Å². The Morgan fingerprint density at radius 2 is 1.76 bits per heavy atom. The van der Waals surface area contributed by atoms with Gasteiger partial charge in [0.05, 0.1) is 22.8 Å². The SMILES string of the molecule is COC(=O)CCc1ccccc1Nc1c(Cl)cccc1Cl. The van der Waals surface area contributed by atoms with Gasteiger partial charge in [0.2, 0.25) is 0 Å². The van der Waals surface area contributed by atoms with Crippen LogP contribution in [-0.2, 0) is 16.0 Å². The third-order valence-electron chi connectivity index (χ3n) is 3.07. The molecule has 21 heavy (non-hydrogen) atoms. The van der Waals surface area contributed by atoms with Crippen molar-refractivity contribution in [1.82, 2.24) is 0 Å². The third-order valence-corrected chi connectivity index (χ3v) is 3.70. The van der Waals surface area contributed by atoms with Gasteiger partial charge in [-0.15, -0.1) is 0 Å². The number of halogens is 2. The zero-order valence-corrected chi connectivity index (χ0v) is 13.0. The lowest BCUT2D eigenvalue weighted by Crippen LogP contribution is -2.04. The van der Waals surface area contributed by atoms with Crippen molar-refractivity contribution in [1.29, 1.82) is 0 Å². The van der Waals surface area contributed by atoms with E-state index < -0.39 is 0 Å². The molecular formula is C16H15Cl2NO2. The number of carbonyl (C=O) groups is 1. The van der Waals surface area contributed by atoms with Gasteiger partial charge in [0.25, 0.3) is 0 Å². The molecule has 0 amide bonds. The van der Waals surface area contributed by atoms with Gasteiger partial charge < -0.3 is 10.1 Å². The summed E-state index contributed by atoms with van der Waals surface area (Å²) in [4.78, 5) is 11.3. The standard InChI is InChI=1S/C16H15Cl2NO2/c1-21-15(20)10-9-11-5-2-3-8-14(11)19-16-12(17)6-4-7-13(16)18/h2-8,19H,9-10H2,1H3. The number of esters is 1. The van der Waals surface area contributed by atoms with E-state index in [1.165, 1.54) is 7.11 Å². The summed E-state index contributed by atoms with van der Waals surface area (Å²) in [6.07, 6.45) is 0.906. The molecule has 0 heterocycles. The highest BCUT2D eigenvalue weighted by molar-refractivity contribution is 6.39. The monoisotopic (exact) mass is 323 g/mol. The maximum atomic E-state index is 11.3. The largest absolute Gasteiger partial charge is 0.469 e. The molecule has 2 rings (SSSR count). The van der Waals surface area contributed by atoms with Crippen LogP contribution in [0.25, 0.3) is 0 Å². The van der Waals surface area contributed by atoms with Gasteiger partial charge in [0.15, 0.2) is 0 Å². The van der Waals surface area contributed by atoms with Crippen molar-refractivity contribution >= 4 is 40.5 Å². The number of aryl methyl sites for hydroxylation is 1. The van der Waals surface area contributed by atoms with E-state index in [0.29, 0.717) is 28.6 Å². The number of benzene rings is 2. The van der Waals surface area contributed by atoms with Crippen molar-refractivity contribution in [2.24, 2.45) is 0 Å². The Hall–Kier alpha value is -1.71. The number of anilines is 2. The predicted molar refractivity (Wildman–Crippen MR) is 86.5 cm³/mol. The first kappa shape index (κ1) is 15.7. The van der Waals surface area contributed by atoms with Gasteiger partial charge in [-0.3, -0.25) is 4.79 Å². The third kappa shape index (κ3) is 4.13. The average molecular weight is 324 g/mol. The molecule has 0 radical (unpaired) electrons. The van der Waals surface area contributed by atoms with Gasteiger partial charge in [-0.25, -0.2) is 0 Å². The first-order valence-electron chi connectivity index (χ1n) is 6.47. The summed E-state index contributed by atoms with van der Waals surface area (Å²) >= 11 is 12.3. The van der Waals surface area contributed by atoms with Crippen LogP contribution >= 0.6 is 23.2 Å². The molecule has 3 nitrogen and oxygen atoms in total. The molecule has 1 N–H and O–H groups in total. The molecule has 2 aromatic carbocycles. The summed E-state index contributed by atoms with van der Waals surface area (Å²) in [6, 6.07) is 13.0. The number of nitrogens with one attached hydrogen (secondary N) is 1. The molecule has 0 fully saturated rings.